The number of rotatable bonds is 6. The number of piperidine rings is 1. The normalized spacial score (nSPS) is 15.1. The lowest BCUT2D eigenvalue weighted by molar-refractivity contribution is 0.0991. The van der Waals surface area contributed by atoms with Crippen LogP contribution in [0.15, 0.2) is 51.3 Å². The second-order valence-electron chi connectivity index (χ2n) is 6.80. The van der Waals surface area contributed by atoms with Crippen molar-refractivity contribution in [3.8, 4) is 17.0 Å². The third-order valence-corrected chi connectivity index (χ3v) is 7.36. The van der Waals surface area contributed by atoms with Crippen LogP contribution in [0.3, 0.4) is 0 Å². The molecule has 1 N–H and O–H groups in total. The van der Waals surface area contributed by atoms with Crippen LogP contribution in [-0.4, -0.2) is 43.8 Å². The Morgan fingerprint density at radius 2 is 1.87 bits per heavy atom. The van der Waals surface area contributed by atoms with Gasteiger partial charge in [0.1, 0.15) is 5.75 Å². The van der Waals surface area contributed by atoms with Crippen molar-refractivity contribution in [3.63, 3.8) is 0 Å². The first-order valence-corrected chi connectivity index (χ1v) is 11.8. The molecule has 0 aliphatic carbocycles. The van der Waals surface area contributed by atoms with E-state index >= 15 is 0 Å². The molecule has 30 heavy (non-hydrogen) atoms. The Morgan fingerprint density at radius 1 is 1.13 bits per heavy atom. The molecule has 1 saturated heterocycles. The number of benzene rings is 1. The maximum absolute atomic E-state index is 12.7. The molecule has 3 aromatic rings. The van der Waals surface area contributed by atoms with Gasteiger partial charge in [0.2, 0.25) is 5.09 Å². The third kappa shape index (κ3) is 4.25. The van der Waals surface area contributed by atoms with Crippen molar-refractivity contribution in [1.82, 2.24) is 9.29 Å². The molecule has 1 aliphatic rings. The molecule has 158 valence electrons. The van der Waals surface area contributed by atoms with Crippen molar-refractivity contribution in [3.05, 3.63) is 47.5 Å². The molecule has 2 aromatic heterocycles. The standard InChI is InChI=1S/C20H21N3O5S2/c1-27-15-7-5-14(6-8-15)16-13-29-20(21-16)22-19(24)17-9-10-18(28-17)30(25,26)23-11-3-2-4-12-23/h5-10,13H,2-4,11-12H2,1H3,(H,21,22,24). The number of nitrogens with zero attached hydrogens (tertiary/aromatic N) is 2. The summed E-state index contributed by atoms with van der Waals surface area (Å²) >= 11 is 1.27. The minimum absolute atomic E-state index is 0.0771. The summed E-state index contributed by atoms with van der Waals surface area (Å²) in [5, 5.41) is 4.66. The molecule has 0 spiro atoms. The van der Waals surface area contributed by atoms with Crippen LogP contribution in [-0.2, 0) is 10.0 Å². The fraction of sp³-hybridized carbons (Fsp3) is 0.300. The first-order chi connectivity index (χ1) is 14.5. The largest absolute Gasteiger partial charge is 0.497 e. The van der Waals surface area contributed by atoms with Crippen molar-refractivity contribution >= 4 is 32.4 Å². The molecule has 1 amide bonds. The number of anilines is 1. The van der Waals surface area contributed by atoms with Crippen LogP contribution in [0.25, 0.3) is 11.3 Å². The van der Waals surface area contributed by atoms with E-state index in [2.05, 4.69) is 10.3 Å². The van der Waals surface area contributed by atoms with Gasteiger partial charge in [-0.15, -0.1) is 11.3 Å². The van der Waals surface area contributed by atoms with E-state index in [-0.39, 0.29) is 10.9 Å². The van der Waals surface area contributed by atoms with Gasteiger partial charge in [-0.1, -0.05) is 6.42 Å². The maximum atomic E-state index is 12.7. The van der Waals surface area contributed by atoms with Gasteiger partial charge >= 0.3 is 0 Å². The maximum Gasteiger partial charge on any atom is 0.293 e. The molecule has 0 radical (unpaired) electrons. The zero-order chi connectivity index (χ0) is 21.1. The number of thiazole rings is 1. The van der Waals surface area contributed by atoms with Crippen LogP contribution in [0.5, 0.6) is 5.75 Å². The zero-order valence-electron chi connectivity index (χ0n) is 16.3. The van der Waals surface area contributed by atoms with E-state index in [1.807, 2.05) is 29.6 Å². The molecule has 1 fully saturated rings. The number of nitrogens with one attached hydrogen (secondary N) is 1. The van der Waals surface area contributed by atoms with Gasteiger partial charge in [-0.05, 0) is 49.2 Å². The van der Waals surface area contributed by atoms with E-state index in [1.165, 1.54) is 27.8 Å². The number of hydrogen-bond acceptors (Lipinski definition) is 7. The fourth-order valence-electron chi connectivity index (χ4n) is 3.20. The monoisotopic (exact) mass is 447 g/mol. The smallest absolute Gasteiger partial charge is 0.293 e. The SMILES string of the molecule is COc1ccc(-c2csc(NC(=O)c3ccc(S(=O)(=O)N4CCCCC4)o3)n2)cc1. The van der Waals surface area contributed by atoms with E-state index in [0.29, 0.717) is 23.9 Å². The van der Waals surface area contributed by atoms with Gasteiger partial charge in [-0.25, -0.2) is 13.4 Å². The first-order valence-electron chi connectivity index (χ1n) is 9.48. The fourth-order valence-corrected chi connectivity index (χ4v) is 5.34. The van der Waals surface area contributed by atoms with Crippen LogP contribution in [0.4, 0.5) is 5.13 Å². The average molecular weight is 448 g/mol. The first kappa shape index (κ1) is 20.6. The third-order valence-electron chi connectivity index (χ3n) is 4.82. The van der Waals surface area contributed by atoms with Gasteiger partial charge in [0, 0.05) is 24.0 Å². The van der Waals surface area contributed by atoms with Gasteiger partial charge in [-0.3, -0.25) is 10.1 Å². The zero-order valence-corrected chi connectivity index (χ0v) is 18.0. The van der Waals surface area contributed by atoms with Crippen LogP contribution < -0.4 is 10.1 Å². The van der Waals surface area contributed by atoms with Gasteiger partial charge in [-0.2, -0.15) is 4.31 Å². The average Bonchev–Trinajstić information content (AvgIpc) is 3.45. The lowest BCUT2D eigenvalue weighted by atomic mass is 10.2. The van der Waals surface area contributed by atoms with Gasteiger partial charge in [0.25, 0.3) is 15.9 Å². The van der Waals surface area contributed by atoms with Crippen LogP contribution in [0.2, 0.25) is 0 Å². The highest BCUT2D eigenvalue weighted by atomic mass is 32.2. The lowest BCUT2D eigenvalue weighted by Crippen LogP contribution is -2.35. The Labute approximate surface area is 178 Å². The van der Waals surface area contributed by atoms with Crippen LogP contribution >= 0.6 is 11.3 Å². The summed E-state index contributed by atoms with van der Waals surface area (Å²) in [6, 6.07) is 10.1. The second-order valence-corrected chi connectivity index (χ2v) is 9.53. The molecule has 0 unspecified atom stereocenters. The summed E-state index contributed by atoms with van der Waals surface area (Å²) < 4.78 is 37.3. The number of methoxy groups -OCH3 is 1. The molecule has 3 heterocycles. The minimum Gasteiger partial charge on any atom is -0.497 e. The molecule has 1 aliphatic heterocycles. The molecule has 4 rings (SSSR count). The number of carbonyl (C=O) groups excluding carboxylic acids is 1. The Balaban J connectivity index is 1.45. The highest BCUT2D eigenvalue weighted by molar-refractivity contribution is 7.89. The Morgan fingerprint density at radius 3 is 2.57 bits per heavy atom. The van der Waals surface area contributed by atoms with Gasteiger partial charge < -0.3 is 9.15 Å². The summed E-state index contributed by atoms with van der Waals surface area (Å²) in [7, 11) is -2.12. The molecule has 0 atom stereocenters. The topological polar surface area (TPSA) is 102 Å². The van der Waals surface area contributed by atoms with Crippen molar-refractivity contribution in [1.29, 1.82) is 0 Å². The summed E-state index contributed by atoms with van der Waals surface area (Å²) in [6.07, 6.45) is 2.67. The second kappa shape index (κ2) is 8.58. The highest BCUT2D eigenvalue weighted by Crippen LogP contribution is 2.27. The summed E-state index contributed by atoms with van der Waals surface area (Å²) in [5.74, 6) is 0.119. The molecule has 0 bridgehead atoms. The number of sulfonamides is 1. The van der Waals surface area contributed by atoms with Crippen LogP contribution in [0, 0.1) is 0 Å². The molecule has 0 saturated carbocycles. The van der Waals surface area contributed by atoms with Crippen molar-refractivity contribution in [2.45, 2.75) is 24.4 Å². The van der Waals surface area contributed by atoms with E-state index in [0.717, 1.165) is 30.6 Å². The van der Waals surface area contributed by atoms with Gasteiger partial charge in [0.15, 0.2) is 10.9 Å². The highest BCUT2D eigenvalue weighted by Gasteiger charge is 2.29. The van der Waals surface area contributed by atoms with E-state index in [1.54, 1.807) is 7.11 Å². The number of aromatic nitrogens is 1. The molecule has 8 nitrogen and oxygen atoms in total. The van der Waals surface area contributed by atoms with Crippen LogP contribution in [0.1, 0.15) is 29.8 Å². The number of carbonyl (C=O) groups is 1. The molecular weight excluding hydrogens is 426 g/mol. The number of amides is 1. The summed E-state index contributed by atoms with van der Waals surface area (Å²) in [5.41, 5.74) is 1.60. The number of hydrogen-bond donors (Lipinski definition) is 1. The molecular formula is C20H21N3O5S2. The number of furan rings is 1. The quantitative estimate of drug-likeness (QED) is 0.616. The van der Waals surface area contributed by atoms with Crippen molar-refractivity contribution in [2.75, 3.05) is 25.5 Å². The van der Waals surface area contributed by atoms with E-state index in [9.17, 15) is 13.2 Å². The van der Waals surface area contributed by atoms with Crippen molar-refractivity contribution in [2.24, 2.45) is 0 Å². The molecule has 10 heteroatoms. The summed E-state index contributed by atoms with van der Waals surface area (Å²) in [6.45, 7) is 0.940. The summed E-state index contributed by atoms with van der Waals surface area (Å²) in [4.78, 5) is 16.9. The van der Waals surface area contributed by atoms with Crippen molar-refractivity contribution < 1.29 is 22.4 Å². The Bertz CT molecular complexity index is 1130. The minimum atomic E-state index is -3.72. The predicted octanol–water partition coefficient (Wildman–Crippen LogP) is 3.84. The predicted molar refractivity (Wildman–Crippen MR) is 113 cm³/mol. The Kier molecular flexibility index (Phi) is 5.89. The lowest BCUT2D eigenvalue weighted by Gasteiger charge is -2.24. The Hall–Kier alpha value is -2.69. The molecule has 1 aromatic carbocycles. The van der Waals surface area contributed by atoms with E-state index < -0.39 is 15.9 Å². The van der Waals surface area contributed by atoms with E-state index in [4.69, 9.17) is 9.15 Å². The number of ether oxygens (including phenoxy) is 1. The van der Waals surface area contributed by atoms with Gasteiger partial charge in [0.05, 0.1) is 12.8 Å².